The molecule has 1 fully saturated rings. The summed E-state index contributed by atoms with van der Waals surface area (Å²) in [7, 11) is -1.73. The van der Waals surface area contributed by atoms with Crippen molar-refractivity contribution in [3.63, 3.8) is 0 Å². The number of amides is 1. The molecule has 7 heteroatoms. The van der Waals surface area contributed by atoms with Gasteiger partial charge in [-0.25, -0.2) is 8.42 Å². The molecule has 128 valence electrons. The van der Waals surface area contributed by atoms with E-state index >= 15 is 0 Å². The molecule has 23 heavy (non-hydrogen) atoms. The van der Waals surface area contributed by atoms with Crippen LogP contribution in [0.3, 0.4) is 0 Å². The maximum absolute atomic E-state index is 12.1. The van der Waals surface area contributed by atoms with Crippen LogP contribution in [-0.4, -0.2) is 44.6 Å². The van der Waals surface area contributed by atoms with Crippen molar-refractivity contribution in [2.75, 3.05) is 25.2 Å². The molecule has 1 saturated carbocycles. The lowest BCUT2D eigenvalue weighted by Gasteiger charge is -2.26. The monoisotopic (exact) mass is 340 g/mol. The first kappa shape index (κ1) is 17.7. The Labute approximate surface area is 137 Å². The summed E-state index contributed by atoms with van der Waals surface area (Å²) in [6, 6.07) is 7.11. The van der Waals surface area contributed by atoms with Crippen molar-refractivity contribution < 1.29 is 17.9 Å². The molecule has 0 saturated heterocycles. The number of benzene rings is 1. The number of rotatable bonds is 7. The molecule has 0 atom stereocenters. The Morgan fingerprint density at radius 2 is 2.04 bits per heavy atom. The molecule has 0 bridgehead atoms. The molecule has 0 radical (unpaired) electrons. The smallest absolute Gasteiger partial charge is 0.225 e. The van der Waals surface area contributed by atoms with E-state index in [4.69, 9.17) is 4.74 Å². The van der Waals surface area contributed by atoms with E-state index in [1.807, 2.05) is 0 Å². The van der Waals surface area contributed by atoms with Crippen molar-refractivity contribution in [2.45, 2.75) is 38.1 Å². The van der Waals surface area contributed by atoms with Crippen LogP contribution in [0.1, 0.15) is 32.1 Å². The summed E-state index contributed by atoms with van der Waals surface area (Å²) in [6.45, 7) is 0.222. The lowest BCUT2D eigenvalue weighted by atomic mass is 10.2. The van der Waals surface area contributed by atoms with Gasteiger partial charge in [0.05, 0.1) is 13.4 Å². The first-order chi connectivity index (χ1) is 10.9. The van der Waals surface area contributed by atoms with E-state index in [9.17, 15) is 13.2 Å². The topological polar surface area (TPSA) is 75.7 Å². The first-order valence-electron chi connectivity index (χ1n) is 7.81. The zero-order chi connectivity index (χ0) is 16.9. The molecular weight excluding hydrogens is 316 g/mol. The fourth-order valence-corrected chi connectivity index (χ4v) is 4.12. The Morgan fingerprint density at radius 3 is 2.65 bits per heavy atom. The maximum atomic E-state index is 12.1. The van der Waals surface area contributed by atoms with Gasteiger partial charge in [-0.3, -0.25) is 4.79 Å². The molecule has 2 rings (SSSR count). The number of ether oxygens (including phenoxy) is 1. The third-order valence-electron chi connectivity index (χ3n) is 4.07. The standard InChI is InChI=1S/C16H24N2O4S/c1-22-15-9-5-6-13(12-15)17-16(19)10-11-18(23(2,20)21)14-7-3-4-8-14/h5-6,9,12,14H,3-4,7-8,10-11H2,1-2H3,(H,17,19). The molecule has 1 N–H and O–H groups in total. The van der Waals surface area contributed by atoms with Gasteiger partial charge in [0.25, 0.3) is 0 Å². The van der Waals surface area contributed by atoms with Crippen molar-refractivity contribution in [1.82, 2.24) is 4.31 Å². The van der Waals surface area contributed by atoms with Crippen LogP contribution in [0.2, 0.25) is 0 Å². The molecule has 0 spiro atoms. The molecule has 1 amide bonds. The van der Waals surface area contributed by atoms with Crippen LogP contribution in [0.5, 0.6) is 5.75 Å². The summed E-state index contributed by atoms with van der Waals surface area (Å²) in [4.78, 5) is 12.1. The fourth-order valence-electron chi connectivity index (χ4n) is 2.95. The average Bonchev–Trinajstić information content (AvgIpc) is 3.00. The molecule has 0 aliphatic heterocycles. The second kappa shape index (κ2) is 7.79. The highest BCUT2D eigenvalue weighted by Crippen LogP contribution is 2.25. The van der Waals surface area contributed by atoms with Gasteiger partial charge in [0.1, 0.15) is 5.75 Å². The van der Waals surface area contributed by atoms with Crippen LogP contribution in [0, 0.1) is 0 Å². The summed E-state index contributed by atoms with van der Waals surface area (Å²) in [5, 5.41) is 2.77. The van der Waals surface area contributed by atoms with Gasteiger partial charge in [-0.05, 0) is 25.0 Å². The number of carbonyl (C=O) groups is 1. The van der Waals surface area contributed by atoms with E-state index < -0.39 is 10.0 Å². The molecule has 1 aromatic carbocycles. The minimum absolute atomic E-state index is 0.0367. The number of nitrogens with zero attached hydrogens (tertiary/aromatic N) is 1. The third kappa shape index (κ3) is 5.21. The number of nitrogens with one attached hydrogen (secondary N) is 1. The van der Waals surface area contributed by atoms with E-state index in [1.54, 1.807) is 31.4 Å². The number of hydrogen-bond donors (Lipinski definition) is 1. The molecular formula is C16H24N2O4S. The molecule has 0 heterocycles. The predicted molar refractivity (Wildman–Crippen MR) is 90.0 cm³/mol. The van der Waals surface area contributed by atoms with Crippen LogP contribution in [-0.2, 0) is 14.8 Å². The Morgan fingerprint density at radius 1 is 1.35 bits per heavy atom. The quantitative estimate of drug-likeness (QED) is 0.826. The van der Waals surface area contributed by atoms with Crippen molar-refractivity contribution in [3.05, 3.63) is 24.3 Å². The maximum Gasteiger partial charge on any atom is 0.225 e. The van der Waals surface area contributed by atoms with E-state index in [2.05, 4.69) is 5.32 Å². The van der Waals surface area contributed by atoms with Gasteiger partial charge >= 0.3 is 0 Å². The van der Waals surface area contributed by atoms with Crippen molar-refractivity contribution in [2.24, 2.45) is 0 Å². The third-order valence-corrected chi connectivity index (χ3v) is 5.40. The second-order valence-corrected chi connectivity index (χ2v) is 7.78. The largest absolute Gasteiger partial charge is 0.497 e. The first-order valence-corrected chi connectivity index (χ1v) is 9.65. The lowest BCUT2D eigenvalue weighted by Crippen LogP contribution is -2.39. The molecule has 0 unspecified atom stereocenters. The molecule has 6 nitrogen and oxygen atoms in total. The Bertz CT molecular complexity index is 639. The van der Waals surface area contributed by atoms with Crippen LogP contribution in [0.15, 0.2) is 24.3 Å². The number of hydrogen-bond acceptors (Lipinski definition) is 4. The van der Waals surface area contributed by atoms with Crippen LogP contribution >= 0.6 is 0 Å². The van der Waals surface area contributed by atoms with E-state index in [-0.39, 0.29) is 24.9 Å². The van der Waals surface area contributed by atoms with Gasteiger partial charge in [-0.2, -0.15) is 4.31 Å². The van der Waals surface area contributed by atoms with Crippen LogP contribution < -0.4 is 10.1 Å². The average molecular weight is 340 g/mol. The van der Waals surface area contributed by atoms with Crippen molar-refractivity contribution in [3.8, 4) is 5.75 Å². The van der Waals surface area contributed by atoms with Gasteiger partial charge in [0, 0.05) is 30.8 Å². The SMILES string of the molecule is COc1cccc(NC(=O)CCN(C2CCCC2)S(C)(=O)=O)c1. The predicted octanol–water partition coefficient (Wildman–Crippen LogP) is 2.23. The number of sulfonamides is 1. The summed E-state index contributed by atoms with van der Waals surface area (Å²) in [5.74, 6) is 0.455. The summed E-state index contributed by atoms with van der Waals surface area (Å²) < 4.78 is 30.5. The van der Waals surface area contributed by atoms with Gasteiger partial charge in [0.2, 0.25) is 15.9 Å². The molecule has 0 aromatic heterocycles. The summed E-state index contributed by atoms with van der Waals surface area (Å²) >= 11 is 0. The Hall–Kier alpha value is -1.60. The molecule has 1 aliphatic carbocycles. The number of carbonyl (C=O) groups excluding carboxylic acids is 1. The normalized spacial score (nSPS) is 15.8. The van der Waals surface area contributed by atoms with E-state index in [0.717, 1.165) is 25.7 Å². The zero-order valence-corrected chi connectivity index (χ0v) is 14.4. The molecule has 1 aromatic rings. The van der Waals surface area contributed by atoms with Gasteiger partial charge in [-0.15, -0.1) is 0 Å². The summed E-state index contributed by atoms with van der Waals surface area (Å²) in [6.07, 6.45) is 5.21. The minimum Gasteiger partial charge on any atom is -0.497 e. The van der Waals surface area contributed by atoms with Gasteiger partial charge < -0.3 is 10.1 Å². The number of anilines is 1. The van der Waals surface area contributed by atoms with Crippen LogP contribution in [0.25, 0.3) is 0 Å². The van der Waals surface area contributed by atoms with Gasteiger partial charge in [-0.1, -0.05) is 18.9 Å². The fraction of sp³-hybridized carbons (Fsp3) is 0.562. The van der Waals surface area contributed by atoms with E-state index in [1.165, 1.54) is 10.6 Å². The second-order valence-electron chi connectivity index (χ2n) is 5.84. The zero-order valence-electron chi connectivity index (χ0n) is 13.6. The van der Waals surface area contributed by atoms with Crippen LogP contribution in [0.4, 0.5) is 5.69 Å². The minimum atomic E-state index is -3.29. The lowest BCUT2D eigenvalue weighted by molar-refractivity contribution is -0.116. The highest BCUT2D eigenvalue weighted by atomic mass is 32.2. The Balaban J connectivity index is 1.93. The van der Waals surface area contributed by atoms with E-state index in [0.29, 0.717) is 11.4 Å². The van der Waals surface area contributed by atoms with Crippen molar-refractivity contribution in [1.29, 1.82) is 0 Å². The Kier molecular flexibility index (Phi) is 6.01. The summed E-state index contributed by atoms with van der Waals surface area (Å²) in [5.41, 5.74) is 0.640. The molecule has 1 aliphatic rings. The van der Waals surface area contributed by atoms with Crippen molar-refractivity contribution >= 4 is 21.6 Å². The van der Waals surface area contributed by atoms with Gasteiger partial charge in [0.15, 0.2) is 0 Å². The highest BCUT2D eigenvalue weighted by Gasteiger charge is 2.29. The number of methoxy groups -OCH3 is 1. The highest BCUT2D eigenvalue weighted by molar-refractivity contribution is 7.88.